The number of anilines is 1. The first-order valence-electron chi connectivity index (χ1n) is 10.6. The number of nitrogens with zero attached hydrogens (tertiary/aromatic N) is 2. The van der Waals surface area contributed by atoms with Gasteiger partial charge in [0.2, 0.25) is 5.91 Å². The van der Waals surface area contributed by atoms with E-state index in [1.807, 2.05) is 66.7 Å². The van der Waals surface area contributed by atoms with E-state index in [0.717, 1.165) is 34.1 Å². The number of benzene rings is 2. The van der Waals surface area contributed by atoms with E-state index >= 15 is 0 Å². The van der Waals surface area contributed by atoms with Crippen LogP contribution in [0.25, 0.3) is 10.8 Å². The Morgan fingerprint density at radius 3 is 2.62 bits per heavy atom. The Morgan fingerprint density at radius 1 is 0.938 bits per heavy atom. The predicted molar refractivity (Wildman–Crippen MR) is 123 cm³/mol. The summed E-state index contributed by atoms with van der Waals surface area (Å²) in [7, 11) is 0. The molecule has 0 bridgehead atoms. The Labute approximate surface area is 185 Å². The number of pyridine rings is 2. The second-order valence-corrected chi connectivity index (χ2v) is 8.00. The summed E-state index contributed by atoms with van der Waals surface area (Å²) in [6.07, 6.45) is 6.07. The highest BCUT2D eigenvalue weighted by atomic mass is 16.2. The summed E-state index contributed by atoms with van der Waals surface area (Å²) >= 11 is 0. The molecule has 2 N–H and O–H groups in total. The minimum atomic E-state index is -0.140. The van der Waals surface area contributed by atoms with Crippen molar-refractivity contribution in [3.8, 4) is 0 Å². The normalized spacial score (nSPS) is 17.0. The smallest absolute Gasteiger partial charge is 0.251 e. The molecule has 0 aliphatic heterocycles. The maximum Gasteiger partial charge on any atom is 0.251 e. The summed E-state index contributed by atoms with van der Waals surface area (Å²) in [4.78, 5) is 33.4. The topological polar surface area (TPSA) is 84.0 Å². The maximum atomic E-state index is 12.7. The molecule has 6 nitrogen and oxygen atoms in total. The van der Waals surface area contributed by atoms with Gasteiger partial charge in [-0.15, -0.1) is 0 Å². The van der Waals surface area contributed by atoms with Crippen molar-refractivity contribution < 1.29 is 9.59 Å². The Hall–Kier alpha value is -4.06. The van der Waals surface area contributed by atoms with Gasteiger partial charge in [-0.05, 0) is 65.8 Å². The van der Waals surface area contributed by atoms with E-state index in [9.17, 15) is 9.59 Å². The van der Waals surface area contributed by atoms with Gasteiger partial charge in [-0.25, -0.2) is 0 Å². The molecule has 1 aliphatic rings. The van der Waals surface area contributed by atoms with Crippen molar-refractivity contribution in [3.63, 3.8) is 0 Å². The van der Waals surface area contributed by atoms with Crippen LogP contribution in [0.4, 0.5) is 5.69 Å². The van der Waals surface area contributed by atoms with Crippen LogP contribution in [0.5, 0.6) is 0 Å². The highest BCUT2D eigenvalue weighted by Crippen LogP contribution is 2.48. The van der Waals surface area contributed by atoms with Gasteiger partial charge >= 0.3 is 0 Å². The molecule has 1 aliphatic carbocycles. The van der Waals surface area contributed by atoms with Crippen LogP contribution in [0, 0.1) is 5.92 Å². The monoisotopic (exact) mass is 422 g/mol. The lowest BCUT2D eigenvalue weighted by atomic mass is 10.1. The number of carbonyl (C=O) groups is 2. The van der Waals surface area contributed by atoms with Gasteiger partial charge in [-0.2, -0.15) is 0 Å². The average molecular weight is 422 g/mol. The lowest BCUT2D eigenvalue weighted by Gasteiger charge is -2.07. The van der Waals surface area contributed by atoms with E-state index in [4.69, 9.17) is 0 Å². The largest absolute Gasteiger partial charge is 0.346 e. The summed E-state index contributed by atoms with van der Waals surface area (Å²) in [5, 5.41) is 7.99. The number of fused-ring (bicyclic) bond motifs is 1. The summed E-state index contributed by atoms with van der Waals surface area (Å²) in [6, 6.07) is 20.9. The third-order valence-corrected chi connectivity index (χ3v) is 5.79. The zero-order valence-corrected chi connectivity index (χ0v) is 17.4. The molecule has 2 amide bonds. The fraction of sp³-hybridized carbons (Fsp3) is 0.154. The van der Waals surface area contributed by atoms with Gasteiger partial charge in [-0.3, -0.25) is 19.6 Å². The number of amides is 2. The van der Waals surface area contributed by atoms with Crippen LogP contribution in [0.2, 0.25) is 0 Å². The molecule has 2 aromatic heterocycles. The second kappa shape index (κ2) is 8.59. The molecule has 0 radical (unpaired) electrons. The second-order valence-electron chi connectivity index (χ2n) is 8.00. The fourth-order valence-corrected chi connectivity index (χ4v) is 3.91. The number of carbonyl (C=O) groups excluding carboxylic acids is 2. The molecule has 0 saturated heterocycles. The molecule has 0 unspecified atom stereocenters. The molecule has 4 aromatic rings. The summed E-state index contributed by atoms with van der Waals surface area (Å²) in [6.45, 7) is 0.386. The molecule has 1 saturated carbocycles. The van der Waals surface area contributed by atoms with Crippen LogP contribution < -0.4 is 10.6 Å². The van der Waals surface area contributed by atoms with Crippen molar-refractivity contribution >= 4 is 28.3 Å². The van der Waals surface area contributed by atoms with Crippen molar-refractivity contribution in [1.29, 1.82) is 0 Å². The van der Waals surface area contributed by atoms with Gasteiger partial charge in [-0.1, -0.05) is 24.3 Å². The molecule has 32 heavy (non-hydrogen) atoms. The van der Waals surface area contributed by atoms with Crippen LogP contribution in [0.1, 0.15) is 34.0 Å². The molecule has 0 spiro atoms. The van der Waals surface area contributed by atoms with Gasteiger partial charge in [0.25, 0.3) is 5.91 Å². The van der Waals surface area contributed by atoms with Gasteiger partial charge < -0.3 is 10.6 Å². The Morgan fingerprint density at radius 2 is 1.81 bits per heavy atom. The maximum absolute atomic E-state index is 12.7. The van der Waals surface area contributed by atoms with Crippen molar-refractivity contribution in [2.24, 2.45) is 5.92 Å². The lowest BCUT2D eigenvalue weighted by Crippen LogP contribution is -2.23. The highest BCUT2D eigenvalue weighted by Gasteiger charge is 2.43. The molecular formula is C26H22N4O2. The van der Waals surface area contributed by atoms with E-state index < -0.39 is 0 Å². The zero-order chi connectivity index (χ0) is 21.9. The third kappa shape index (κ3) is 4.34. The van der Waals surface area contributed by atoms with Gasteiger partial charge in [0.15, 0.2) is 0 Å². The summed E-state index contributed by atoms with van der Waals surface area (Å²) in [5.41, 5.74) is 3.28. The van der Waals surface area contributed by atoms with Crippen LogP contribution >= 0.6 is 0 Å². The minimum Gasteiger partial charge on any atom is -0.346 e. The van der Waals surface area contributed by atoms with E-state index in [-0.39, 0.29) is 23.7 Å². The number of hydrogen-bond donors (Lipinski definition) is 2. The van der Waals surface area contributed by atoms with Crippen LogP contribution in [0.15, 0.2) is 85.3 Å². The zero-order valence-electron chi connectivity index (χ0n) is 17.4. The Balaban J connectivity index is 1.17. The van der Waals surface area contributed by atoms with E-state index in [1.165, 1.54) is 0 Å². The highest BCUT2D eigenvalue weighted by molar-refractivity contribution is 5.97. The van der Waals surface area contributed by atoms with Crippen molar-refractivity contribution in [2.75, 3.05) is 5.32 Å². The average Bonchev–Trinajstić information content (AvgIpc) is 3.64. The SMILES string of the molecule is O=C(NCc1ccccn1)c1ccc([C@@H]2C[C@@H]2C(=O)Nc2ccc3cnccc3c2)cc1. The predicted octanol–water partition coefficient (Wildman–Crippen LogP) is 4.30. The number of rotatable bonds is 6. The van der Waals surface area contributed by atoms with Gasteiger partial charge in [0, 0.05) is 41.1 Å². The molecular weight excluding hydrogens is 400 g/mol. The number of aromatic nitrogens is 2. The van der Waals surface area contributed by atoms with E-state index in [0.29, 0.717) is 12.1 Å². The molecule has 6 heteroatoms. The van der Waals surface area contributed by atoms with Gasteiger partial charge in [0.05, 0.1) is 12.2 Å². The Bertz CT molecular complexity index is 1270. The quantitative estimate of drug-likeness (QED) is 0.485. The molecule has 2 atom stereocenters. The first-order valence-corrected chi connectivity index (χ1v) is 10.6. The molecule has 158 valence electrons. The number of nitrogens with one attached hydrogen (secondary N) is 2. The van der Waals surface area contributed by atoms with E-state index in [1.54, 1.807) is 18.6 Å². The Kier molecular flexibility index (Phi) is 5.34. The summed E-state index contributed by atoms with van der Waals surface area (Å²) < 4.78 is 0. The van der Waals surface area contributed by atoms with Crippen LogP contribution in [-0.4, -0.2) is 21.8 Å². The standard InChI is InChI=1S/C26H22N4O2/c31-25(29-16-22-3-1-2-11-28-22)18-6-4-17(5-7-18)23-14-24(23)26(32)30-21-9-8-20-15-27-12-10-19(20)13-21/h1-13,15,23-24H,14,16H2,(H,29,31)(H,30,32)/t23-,24-/m0/s1. The van der Waals surface area contributed by atoms with Gasteiger partial charge in [0.1, 0.15) is 0 Å². The molecule has 5 rings (SSSR count). The first kappa shape index (κ1) is 19.9. The van der Waals surface area contributed by atoms with E-state index in [2.05, 4.69) is 20.6 Å². The van der Waals surface area contributed by atoms with Crippen molar-refractivity contribution in [2.45, 2.75) is 18.9 Å². The number of hydrogen-bond acceptors (Lipinski definition) is 4. The minimum absolute atomic E-state index is 0.0283. The van der Waals surface area contributed by atoms with Crippen LogP contribution in [0.3, 0.4) is 0 Å². The third-order valence-electron chi connectivity index (χ3n) is 5.79. The molecule has 1 fully saturated rings. The first-order chi connectivity index (χ1) is 15.7. The molecule has 2 aromatic carbocycles. The van der Waals surface area contributed by atoms with Crippen molar-refractivity contribution in [3.05, 3.63) is 102 Å². The summed E-state index contributed by atoms with van der Waals surface area (Å²) in [5.74, 6) is 0.0247. The fourth-order valence-electron chi connectivity index (χ4n) is 3.91. The van der Waals surface area contributed by atoms with Crippen LogP contribution in [-0.2, 0) is 11.3 Å². The van der Waals surface area contributed by atoms with Crippen molar-refractivity contribution in [1.82, 2.24) is 15.3 Å². The molecule has 2 heterocycles. The lowest BCUT2D eigenvalue weighted by molar-refractivity contribution is -0.117.